The molecule has 0 bridgehead atoms. The van der Waals surface area contributed by atoms with Crippen LogP contribution in [0.5, 0.6) is 0 Å². The molecule has 0 spiro atoms. The van der Waals surface area contributed by atoms with E-state index >= 15 is 0 Å². The molecule has 8 heteroatoms. The summed E-state index contributed by atoms with van der Waals surface area (Å²) in [6.07, 6.45) is 0.472. The maximum Gasteiger partial charge on any atom is 0.326 e. The van der Waals surface area contributed by atoms with Crippen molar-refractivity contribution in [1.29, 1.82) is 0 Å². The number of amides is 3. The van der Waals surface area contributed by atoms with Gasteiger partial charge in [-0.2, -0.15) is 0 Å². The van der Waals surface area contributed by atoms with E-state index in [2.05, 4.69) is 10.6 Å². The summed E-state index contributed by atoms with van der Waals surface area (Å²) in [7, 11) is 0. The van der Waals surface area contributed by atoms with Crippen LogP contribution >= 0.6 is 0 Å². The fourth-order valence-corrected chi connectivity index (χ4v) is 2.41. The lowest BCUT2D eigenvalue weighted by Gasteiger charge is -2.27. The number of nitrogens with zero attached hydrogens (tertiary/aromatic N) is 1. The second-order valence-electron chi connectivity index (χ2n) is 4.83. The van der Waals surface area contributed by atoms with Crippen LogP contribution in [0.2, 0.25) is 0 Å². The number of rotatable bonds is 2. The number of aliphatic hydroxyl groups is 1. The molecule has 2 heterocycles. The quantitative estimate of drug-likeness (QED) is 0.487. The van der Waals surface area contributed by atoms with E-state index in [4.69, 9.17) is 5.11 Å². The van der Waals surface area contributed by atoms with E-state index in [1.54, 1.807) is 0 Å². The van der Waals surface area contributed by atoms with Gasteiger partial charge in [0.1, 0.15) is 12.1 Å². The largest absolute Gasteiger partial charge is 0.480 e. The molecule has 0 aromatic carbocycles. The van der Waals surface area contributed by atoms with Crippen LogP contribution in [0.1, 0.15) is 19.3 Å². The van der Waals surface area contributed by atoms with E-state index in [1.165, 1.54) is 0 Å². The van der Waals surface area contributed by atoms with E-state index in [-0.39, 0.29) is 18.9 Å². The van der Waals surface area contributed by atoms with E-state index in [1.807, 2.05) is 0 Å². The molecule has 3 amide bonds. The van der Waals surface area contributed by atoms with Gasteiger partial charge in [-0.15, -0.1) is 0 Å². The van der Waals surface area contributed by atoms with Crippen molar-refractivity contribution in [3.05, 3.63) is 0 Å². The number of nitrogens with one attached hydrogen (secondary N) is 2. The number of aliphatic carboxylic acids is 1. The molecule has 0 saturated carbocycles. The molecule has 0 aromatic heterocycles. The molecule has 0 aliphatic carbocycles. The average molecular weight is 271 g/mol. The van der Waals surface area contributed by atoms with Crippen LogP contribution in [0, 0.1) is 0 Å². The molecule has 106 valence electrons. The smallest absolute Gasteiger partial charge is 0.326 e. The van der Waals surface area contributed by atoms with Gasteiger partial charge in [-0.1, -0.05) is 0 Å². The van der Waals surface area contributed by atoms with Gasteiger partial charge < -0.3 is 25.7 Å². The monoisotopic (exact) mass is 271 g/mol. The van der Waals surface area contributed by atoms with Gasteiger partial charge in [0.05, 0.1) is 6.10 Å². The van der Waals surface area contributed by atoms with Gasteiger partial charge in [-0.05, 0) is 12.8 Å². The number of carbonyl (C=O) groups is 3. The van der Waals surface area contributed by atoms with Crippen molar-refractivity contribution in [2.24, 2.45) is 0 Å². The molecule has 3 atom stereocenters. The van der Waals surface area contributed by atoms with Crippen molar-refractivity contribution in [2.45, 2.75) is 37.5 Å². The molecule has 2 aliphatic heterocycles. The van der Waals surface area contributed by atoms with Gasteiger partial charge in [0.25, 0.3) is 0 Å². The van der Waals surface area contributed by atoms with Gasteiger partial charge in [-0.3, -0.25) is 4.79 Å². The Kier molecular flexibility index (Phi) is 3.89. The number of β-amino-alcohol motifs (C(OH)–C–C–N with tert-alkyl or cyclic N) is 1. The number of hydrogen-bond donors (Lipinski definition) is 4. The SMILES string of the molecule is O=C1NCCCC1NC(=O)N1C[C@H](O)C[C@@H]1C(=O)O. The fraction of sp³-hybridized carbons (Fsp3) is 0.727. The van der Waals surface area contributed by atoms with Crippen LogP contribution in [0.15, 0.2) is 0 Å². The Hall–Kier alpha value is -1.83. The number of aliphatic hydroxyl groups excluding tert-OH is 1. The van der Waals surface area contributed by atoms with Crippen molar-refractivity contribution in [3.8, 4) is 0 Å². The maximum absolute atomic E-state index is 12.0. The summed E-state index contributed by atoms with van der Waals surface area (Å²) in [5.74, 6) is -1.41. The summed E-state index contributed by atoms with van der Waals surface area (Å²) in [6, 6.07) is -2.29. The zero-order chi connectivity index (χ0) is 14.0. The first kappa shape index (κ1) is 13.6. The first-order chi connectivity index (χ1) is 8.99. The molecular weight excluding hydrogens is 254 g/mol. The van der Waals surface area contributed by atoms with Gasteiger partial charge in [0, 0.05) is 19.5 Å². The molecule has 1 unspecified atom stereocenters. The average Bonchev–Trinajstić information content (AvgIpc) is 2.74. The molecule has 0 aromatic rings. The number of carboxylic acid groups (broad SMARTS) is 1. The summed E-state index contributed by atoms with van der Waals surface area (Å²) in [5.41, 5.74) is 0. The number of urea groups is 1. The highest BCUT2D eigenvalue weighted by Crippen LogP contribution is 2.18. The molecule has 2 saturated heterocycles. The maximum atomic E-state index is 12.0. The predicted molar refractivity (Wildman–Crippen MR) is 63.3 cm³/mol. The molecule has 2 rings (SSSR count). The van der Waals surface area contributed by atoms with Crippen molar-refractivity contribution in [1.82, 2.24) is 15.5 Å². The number of carboxylic acids is 1. The summed E-state index contributed by atoms with van der Waals surface area (Å²) in [4.78, 5) is 35.6. The lowest BCUT2D eigenvalue weighted by molar-refractivity contribution is -0.141. The molecular formula is C11H17N3O5. The summed E-state index contributed by atoms with van der Waals surface area (Å²) in [5, 5.41) is 23.6. The Labute approximate surface area is 109 Å². The highest BCUT2D eigenvalue weighted by Gasteiger charge is 2.40. The van der Waals surface area contributed by atoms with Crippen LogP contribution < -0.4 is 10.6 Å². The third-order valence-electron chi connectivity index (χ3n) is 3.41. The van der Waals surface area contributed by atoms with Crippen LogP contribution in [-0.2, 0) is 9.59 Å². The normalized spacial score (nSPS) is 30.9. The van der Waals surface area contributed by atoms with E-state index in [9.17, 15) is 19.5 Å². The van der Waals surface area contributed by atoms with Gasteiger partial charge in [-0.25, -0.2) is 9.59 Å². The highest BCUT2D eigenvalue weighted by molar-refractivity contribution is 5.89. The number of hydrogen-bond acceptors (Lipinski definition) is 4. The third-order valence-corrected chi connectivity index (χ3v) is 3.41. The summed E-state index contributed by atoms with van der Waals surface area (Å²) < 4.78 is 0. The second kappa shape index (κ2) is 5.43. The number of carbonyl (C=O) groups excluding carboxylic acids is 2. The first-order valence-electron chi connectivity index (χ1n) is 6.24. The lowest BCUT2D eigenvalue weighted by atomic mass is 10.1. The standard InChI is InChI=1S/C11H17N3O5/c15-6-4-8(10(17)18)14(5-6)11(19)13-7-2-1-3-12-9(7)16/h6-8,15H,1-5H2,(H,12,16)(H,13,19)(H,17,18)/t6-,7?,8-/m1/s1. The summed E-state index contributed by atoms with van der Waals surface area (Å²) >= 11 is 0. The minimum atomic E-state index is -1.15. The lowest BCUT2D eigenvalue weighted by Crippen LogP contribution is -2.55. The van der Waals surface area contributed by atoms with E-state index in [0.717, 1.165) is 11.3 Å². The Morgan fingerprint density at radius 3 is 2.79 bits per heavy atom. The molecule has 2 aliphatic rings. The first-order valence-corrected chi connectivity index (χ1v) is 6.24. The minimum Gasteiger partial charge on any atom is -0.480 e. The van der Waals surface area contributed by atoms with Gasteiger partial charge >= 0.3 is 12.0 Å². The zero-order valence-corrected chi connectivity index (χ0v) is 10.3. The van der Waals surface area contributed by atoms with Gasteiger partial charge in [0.15, 0.2) is 0 Å². The predicted octanol–water partition coefficient (Wildman–Crippen LogP) is -1.51. The minimum absolute atomic E-state index is 0.0135. The fourth-order valence-electron chi connectivity index (χ4n) is 2.41. The van der Waals surface area contributed by atoms with Crippen LogP contribution in [-0.4, -0.2) is 64.3 Å². The Morgan fingerprint density at radius 1 is 1.42 bits per heavy atom. The van der Waals surface area contributed by atoms with E-state index < -0.39 is 30.2 Å². The van der Waals surface area contributed by atoms with Crippen molar-refractivity contribution < 1.29 is 24.6 Å². The molecule has 4 N–H and O–H groups in total. The Bertz CT molecular complexity index is 400. The van der Waals surface area contributed by atoms with Crippen LogP contribution in [0.4, 0.5) is 4.79 Å². The molecule has 0 radical (unpaired) electrons. The zero-order valence-electron chi connectivity index (χ0n) is 10.3. The van der Waals surface area contributed by atoms with Gasteiger partial charge in [0.2, 0.25) is 5.91 Å². The number of piperidine rings is 1. The molecule has 2 fully saturated rings. The van der Waals surface area contributed by atoms with Crippen LogP contribution in [0.3, 0.4) is 0 Å². The van der Waals surface area contributed by atoms with Crippen molar-refractivity contribution in [3.63, 3.8) is 0 Å². The van der Waals surface area contributed by atoms with Crippen molar-refractivity contribution in [2.75, 3.05) is 13.1 Å². The van der Waals surface area contributed by atoms with E-state index in [0.29, 0.717) is 13.0 Å². The van der Waals surface area contributed by atoms with Crippen LogP contribution in [0.25, 0.3) is 0 Å². The molecule has 8 nitrogen and oxygen atoms in total. The number of likely N-dealkylation sites (tertiary alicyclic amines) is 1. The molecule has 19 heavy (non-hydrogen) atoms. The second-order valence-corrected chi connectivity index (χ2v) is 4.83. The Morgan fingerprint density at radius 2 is 2.16 bits per heavy atom. The summed E-state index contributed by atoms with van der Waals surface area (Å²) in [6.45, 7) is 0.558. The Balaban J connectivity index is 1.98. The van der Waals surface area contributed by atoms with Crippen molar-refractivity contribution >= 4 is 17.9 Å². The third kappa shape index (κ3) is 2.95. The highest BCUT2D eigenvalue weighted by atomic mass is 16.4. The topological polar surface area (TPSA) is 119 Å².